The Bertz CT molecular complexity index is 1380. The number of methoxy groups -OCH3 is 2. The van der Waals surface area contributed by atoms with Crippen LogP contribution >= 0.6 is 0 Å². The molecule has 0 fully saturated rings. The molecule has 8 nitrogen and oxygen atoms in total. The van der Waals surface area contributed by atoms with Crippen molar-refractivity contribution in [2.24, 2.45) is 4.99 Å². The highest BCUT2D eigenvalue weighted by atomic mass is 16.5. The number of nitrogens with one attached hydrogen (secondary N) is 1. The number of anilines is 2. The van der Waals surface area contributed by atoms with E-state index >= 15 is 0 Å². The van der Waals surface area contributed by atoms with Crippen molar-refractivity contribution in [3.05, 3.63) is 89.0 Å². The zero-order valence-electron chi connectivity index (χ0n) is 20.0. The van der Waals surface area contributed by atoms with Crippen molar-refractivity contribution in [2.45, 2.75) is 12.3 Å². The van der Waals surface area contributed by atoms with Gasteiger partial charge in [-0.25, -0.2) is 4.79 Å². The molecule has 0 saturated heterocycles. The van der Waals surface area contributed by atoms with Gasteiger partial charge in [0.1, 0.15) is 12.5 Å². The van der Waals surface area contributed by atoms with Gasteiger partial charge in [0, 0.05) is 25.0 Å². The third-order valence-corrected chi connectivity index (χ3v) is 6.43. The Labute approximate surface area is 208 Å². The predicted octanol–water partition coefficient (Wildman–Crippen LogP) is 3.87. The fourth-order valence-corrected chi connectivity index (χ4v) is 4.74. The van der Waals surface area contributed by atoms with E-state index in [1.165, 1.54) is 14.2 Å². The van der Waals surface area contributed by atoms with Crippen LogP contribution in [0.4, 0.5) is 17.1 Å². The maximum absolute atomic E-state index is 13.2. The Balaban J connectivity index is 1.55. The summed E-state index contributed by atoms with van der Waals surface area (Å²) in [5.74, 6) is -1.42. The molecule has 0 spiro atoms. The fraction of sp³-hybridized carbons (Fsp3) is 0.214. The molecular formula is C28H25N3O5. The van der Waals surface area contributed by atoms with Gasteiger partial charge in [-0.3, -0.25) is 14.6 Å². The number of carbonyl (C=O) groups is 3. The van der Waals surface area contributed by atoms with E-state index < -0.39 is 11.9 Å². The number of hydrogen-bond acceptors (Lipinski definition) is 6. The molecule has 1 N–H and O–H groups in total. The van der Waals surface area contributed by atoms with Crippen LogP contribution in [0, 0.1) is 0 Å². The molecule has 0 saturated carbocycles. The van der Waals surface area contributed by atoms with Gasteiger partial charge in [-0.05, 0) is 53.4 Å². The van der Waals surface area contributed by atoms with E-state index in [0.29, 0.717) is 29.2 Å². The first-order valence-electron chi connectivity index (χ1n) is 11.6. The lowest BCUT2D eigenvalue weighted by atomic mass is 9.90. The van der Waals surface area contributed by atoms with Crippen LogP contribution in [0.15, 0.2) is 71.7 Å². The van der Waals surface area contributed by atoms with Crippen LogP contribution in [0.3, 0.4) is 0 Å². The smallest absolute Gasteiger partial charge is 0.337 e. The summed E-state index contributed by atoms with van der Waals surface area (Å²) in [7, 11) is 2.83. The highest BCUT2D eigenvalue weighted by Crippen LogP contribution is 2.38. The average molecular weight is 484 g/mol. The average Bonchev–Trinajstić information content (AvgIpc) is 3.47. The molecule has 0 radical (unpaired) electrons. The van der Waals surface area contributed by atoms with Crippen molar-refractivity contribution in [1.29, 1.82) is 0 Å². The summed E-state index contributed by atoms with van der Waals surface area (Å²) in [6.07, 6.45) is 0.720. The zero-order valence-corrected chi connectivity index (χ0v) is 20.0. The number of nitrogens with zero attached hydrogens (tertiary/aromatic N) is 2. The van der Waals surface area contributed by atoms with E-state index in [2.05, 4.69) is 5.32 Å². The molecule has 0 bridgehead atoms. The van der Waals surface area contributed by atoms with Crippen LogP contribution in [-0.2, 0) is 25.5 Å². The number of hydrogen-bond donors (Lipinski definition) is 1. The minimum Gasteiger partial charge on any atom is -0.465 e. The molecule has 36 heavy (non-hydrogen) atoms. The standard InChI is InChI=1S/C28H25N3O5/c1-35-16-24(32)31-13-12-18-14-20(9-11-23(18)31)29-26(17-6-4-3-5-7-17)25-21-10-8-19(28(34)36-2)15-22(21)30-27(25)33/h3-11,14-15,25H,12-13,16H2,1-2H3,(H,30,33). The Hall–Kier alpha value is -4.30. The third kappa shape index (κ3) is 4.27. The zero-order chi connectivity index (χ0) is 25.2. The van der Waals surface area contributed by atoms with Gasteiger partial charge < -0.3 is 19.7 Å². The third-order valence-electron chi connectivity index (χ3n) is 6.43. The second-order valence-electron chi connectivity index (χ2n) is 8.62. The molecule has 2 aliphatic rings. The van der Waals surface area contributed by atoms with Crippen LogP contribution < -0.4 is 10.2 Å². The van der Waals surface area contributed by atoms with E-state index in [9.17, 15) is 14.4 Å². The molecule has 8 heteroatoms. The lowest BCUT2D eigenvalue weighted by Gasteiger charge is -2.17. The predicted molar refractivity (Wildman–Crippen MR) is 136 cm³/mol. The molecule has 1 atom stereocenters. The summed E-state index contributed by atoms with van der Waals surface area (Å²) in [5.41, 5.74) is 5.67. The number of ether oxygens (including phenoxy) is 2. The highest BCUT2D eigenvalue weighted by Gasteiger charge is 2.36. The van der Waals surface area contributed by atoms with Crippen LogP contribution in [-0.4, -0.2) is 50.9 Å². The number of fused-ring (bicyclic) bond motifs is 2. The Morgan fingerprint density at radius 1 is 1.03 bits per heavy atom. The first-order chi connectivity index (χ1) is 17.5. The van der Waals surface area contributed by atoms with E-state index in [4.69, 9.17) is 14.5 Å². The molecule has 182 valence electrons. The SMILES string of the molecule is COCC(=O)N1CCc2cc(N=C(c3ccccc3)C3C(=O)Nc4cc(C(=O)OC)ccc43)ccc21. The molecule has 3 aromatic carbocycles. The Morgan fingerprint density at radius 2 is 1.83 bits per heavy atom. The van der Waals surface area contributed by atoms with Gasteiger partial charge in [-0.15, -0.1) is 0 Å². The van der Waals surface area contributed by atoms with Crippen LogP contribution in [0.1, 0.15) is 33.0 Å². The number of rotatable bonds is 6. The lowest BCUT2D eigenvalue weighted by Crippen LogP contribution is -2.31. The van der Waals surface area contributed by atoms with Crippen LogP contribution in [0.2, 0.25) is 0 Å². The topological polar surface area (TPSA) is 97.3 Å². The summed E-state index contributed by atoms with van der Waals surface area (Å²) >= 11 is 0. The molecule has 2 heterocycles. The molecule has 2 amide bonds. The van der Waals surface area contributed by atoms with E-state index in [-0.39, 0.29) is 18.4 Å². The first kappa shape index (κ1) is 23.4. The quantitative estimate of drug-likeness (QED) is 0.424. The summed E-state index contributed by atoms with van der Waals surface area (Å²) < 4.78 is 9.81. The molecule has 0 aliphatic carbocycles. The van der Waals surface area contributed by atoms with Crippen molar-refractivity contribution in [3.8, 4) is 0 Å². The highest BCUT2D eigenvalue weighted by molar-refractivity contribution is 6.24. The molecule has 2 aliphatic heterocycles. The molecular weight excluding hydrogens is 458 g/mol. The first-order valence-corrected chi connectivity index (χ1v) is 11.6. The molecule has 3 aromatic rings. The fourth-order valence-electron chi connectivity index (χ4n) is 4.74. The van der Waals surface area contributed by atoms with Gasteiger partial charge >= 0.3 is 5.97 Å². The van der Waals surface area contributed by atoms with Crippen LogP contribution in [0.25, 0.3) is 0 Å². The Kier molecular flexibility index (Phi) is 6.35. The molecule has 5 rings (SSSR count). The van der Waals surface area contributed by atoms with Crippen molar-refractivity contribution in [2.75, 3.05) is 37.6 Å². The second kappa shape index (κ2) is 9.75. The van der Waals surface area contributed by atoms with Gasteiger partial charge in [0.2, 0.25) is 5.91 Å². The number of benzene rings is 3. The number of amides is 2. The van der Waals surface area contributed by atoms with E-state index in [1.54, 1.807) is 23.1 Å². The van der Waals surface area contributed by atoms with Gasteiger partial charge in [0.15, 0.2) is 0 Å². The maximum atomic E-state index is 13.2. The van der Waals surface area contributed by atoms with Crippen molar-refractivity contribution < 1.29 is 23.9 Å². The lowest BCUT2D eigenvalue weighted by molar-refractivity contribution is -0.122. The van der Waals surface area contributed by atoms with Crippen molar-refractivity contribution >= 4 is 40.6 Å². The maximum Gasteiger partial charge on any atom is 0.337 e. The normalized spacial score (nSPS) is 16.4. The van der Waals surface area contributed by atoms with E-state index in [1.807, 2.05) is 48.5 Å². The van der Waals surface area contributed by atoms with Gasteiger partial charge in [-0.2, -0.15) is 0 Å². The number of aliphatic imine (C=N–C) groups is 1. The second-order valence-corrected chi connectivity index (χ2v) is 8.62. The monoisotopic (exact) mass is 483 g/mol. The molecule has 1 unspecified atom stereocenters. The van der Waals surface area contributed by atoms with Crippen molar-refractivity contribution in [1.82, 2.24) is 0 Å². The summed E-state index contributed by atoms with van der Waals surface area (Å²) in [4.78, 5) is 44.2. The summed E-state index contributed by atoms with van der Waals surface area (Å²) in [5, 5.41) is 2.89. The largest absolute Gasteiger partial charge is 0.465 e. The minimum absolute atomic E-state index is 0.0331. The molecule has 0 aromatic heterocycles. The number of esters is 1. The minimum atomic E-state index is -0.651. The van der Waals surface area contributed by atoms with Crippen molar-refractivity contribution in [3.63, 3.8) is 0 Å². The van der Waals surface area contributed by atoms with Crippen LogP contribution in [0.5, 0.6) is 0 Å². The summed E-state index contributed by atoms with van der Waals surface area (Å²) in [6, 6.07) is 20.3. The van der Waals surface area contributed by atoms with Gasteiger partial charge in [0.25, 0.3) is 5.91 Å². The van der Waals surface area contributed by atoms with Gasteiger partial charge in [0.05, 0.1) is 24.1 Å². The van der Waals surface area contributed by atoms with Gasteiger partial charge in [-0.1, -0.05) is 36.4 Å². The Morgan fingerprint density at radius 3 is 2.58 bits per heavy atom. The summed E-state index contributed by atoms with van der Waals surface area (Å²) in [6.45, 7) is 0.628. The number of carbonyl (C=O) groups excluding carboxylic acids is 3. The van der Waals surface area contributed by atoms with E-state index in [0.717, 1.165) is 28.8 Å².